The maximum absolute atomic E-state index is 8.62. The van der Waals surface area contributed by atoms with Crippen molar-refractivity contribution in [1.82, 2.24) is 4.98 Å². The number of rotatable bonds is 1. The molecule has 5 heteroatoms. The average Bonchev–Trinajstić information content (AvgIpc) is 2.17. The van der Waals surface area contributed by atoms with Gasteiger partial charge in [0, 0.05) is 6.07 Å². The number of nitrogens with zero attached hydrogens (tertiary/aromatic N) is 3. The van der Waals surface area contributed by atoms with Crippen LogP contribution in [0.1, 0.15) is 11.4 Å². The second-order valence-corrected chi connectivity index (χ2v) is 2.20. The predicted molar refractivity (Wildman–Crippen MR) is 44.6 cm³/mol. The molecule has 0 aliphatic rings. The molecule has 2 N–H and O–H groups in total. The lowest BCUT2D eigenvalue weighted by atomic mass is 10.2. The lowest BCUT2D eigenvalue weighted by molar-refractivity contribution is 0.411. The molecule has 1 aromatic rings. The van der Waals surface area contributed by atoms with E-state index in [1.165, 1.54) is 13.2 Å². The van der Waals surface area contributed by atoms with Gasteiger partial charge in [-0.3, -0.25) is 0 Å². The van der Waals surface area contributed by atoms with Crippen molar-refractivity contribution in [3.8, 4) is 17.9 Å². The molecule has 0 saturated carbocycles. The quantitative estimate of drug-likeness (QED) is 0.665. The fourth-order valence-corrected chi connectivity index (χ4v) is 0.835. The standard InChI is InChI=1S/C8H6N4O/c1-13-8-2-5(11)6(3-9)12-7(8)4-10/h2H,11H2,1H3. The minimum Gasteiger partial charge on any atom is -0.494 e. The first kappa shape index (κ1) is 8.82. The normalized spacial score (nSPS) is 8.54. The van der Waals surface area contributed by atoms with Crippen LogP contribution in [-0.4, -0.2) is 12.1 Å². The zero-order chi connectivity index (χ0) is 9.84. The number of nitrogens with two attached hydrogens (primary N) is 1. The zero-order valence-electron chi connectivity index (χ0n) is 6.90. The molecule has 0 fully saturated rings. The third-order valence-corrected chi connectivity index (χ3v) is 1.45. The minimum atomic E-state index is 0.0392. The van der Waals surface area contributed by atoms with Gasteiger partial charge in [-0.2, -0.15) is 10.5 Å². The average molecular weight is 174 g/mol. The Morgan fingerprint density at radius 1 is 1.38 bits per heavy atom. The summed E-state index contributed by atoms with van der Waals surface area (Å²) in [7, 11) is 1.41. The monoisotopic (exact) mass is 174 g/mol. The Balaban J connectivity index is 3.39. The van der Waals surface area contributed by atoms with E-state index in [0.717, 1.165) is 0 Å². The fraction of sp³-hybridized carbons (Fsp3) is 0.125. The molecule has 0 aliphatic heterocycles. The van der Waals surface area contributed by atoms with Gasteiger partial charge in [0.2, 0.25) is 0 Å². The molecule has 1 aromatic heterocycles. The number of methoxy groups -OCH3 is 1. The van der Waals surface area contributed by atoms with Gasteiger partial charge in [-0.15, -0.1) is 0 Å². The molecule has 0 aliphatic carbocycles. The van der Waals surface area contributed by atoms with Gasteiger partial charge in [-0.25, -0.2) is 4.98 Å². The van der Waals surface area contributed by atoms with E-state index in [0.29, 0.717) is 0 Å². The summed E-state index contributed by atoms with van der Waals surface area (Å²) in [6, 6.07) is 4.99. The van der Waals surface area contributed by atoms with Gasteiger partial charge in [0.1, 0.15) is 12.1 Å². The molecule has 0 radical (unpaired) electrons. The van der Waals surface area contributed by atoms with E-state index in [1.807, 2.05) is 0 Å². The van der Waals surface area contributed by atoms with Crippen LogP contribution in [0.2, 0.25) is 0 Å². The Morgan fingerprint density at radius 3 is 2.46 bits per heavy atom. The highest BCUT2D eigenvalue weighted by molar-refractivity contribution is 5.56. The summed E-state index contributed by atoms with van der Waals surface area (Å²) in [6.45, 7) is 0. The van der Waals surface area contributed by atoms with Crippen LogP contribution in [-0.2, 0) is 0 Å². The summed E-state index contributed by atoms with van der Waals surface area (Å²) in [4.78, 5) is 3.71. The number of pyridine rings is 1. The highest BCUT2D eigenvalue weighted by Crippen LogP contribution is 2.20. The third-order valence-electron chi connectivity index (χ3n) is 1.45. The van der Waals surface area contributed by atoms with Gasteiger partial charge in [-0.1, -0.05) is 0 Å². The van der Waals surface area contributed by atoms with E-state index in [2.05, 4.69) is 4.98 Å². The van der Waals surface area contributed by atoms with Crippen LogP contribution < -0.4 is 10.5 Å². The summed E-state index contributed by atoms with van der Waals surface area (Å²) in [5, 5.41) is 17.2. The first-order valence-electron chi connectivity index (χ1n) is 3.37. The number of nitriles is 2. The van der Waals surface area contributed by atoms with Crippen molar-refractivity contribution >= 4 is 5.69 Å². The summed E-state index contributed by atoms with van der Waals surface area (Å²) in [5.41, 5.74) is 5.77. The van der Waals surface area contributed by atoms with Crippen molar-refractivity contribution in [3.05, 3.63) is 17.5 Å². The number of hydrogen-bond acceptors (Lipinski definition) is 5. The van der Waals surface area contributed by atoms with Crippen LogP contribution in [0, 0.1) is 22.7 Å². The number of nitrogen functional groups attached to an aromatic ring is 1. The maximum Gasteiger partial charge on any atom is 0.184 e. The van der Waals surface area contributed by atoms with Crippen LogP contribution in [0.3, 0.4) is 0 Å². The molecular formula is C8H6N4O. The zero-order valence-corrected chi connectivity index (χ0v) is 6.90. The predicted octanol–water partition coefficient (Wildman–Crippen LogP) is 0.416. The van der Waals surface area contributed by atoms with E-state index in [9.17, 15) is 0 Å². The lowest BCUT2D eigenvalue weighted by Crippen LogP contribution is -1.99. The molecule has 0 aromatic carbocycles. The third kappa shape index (κ3) is 1.49. The summed E-state index contributed by atoms with van der Waals surface area (Å²) < 4.78 is 4.84. The van der Waals surface area contributed by atoms with Crippen LogP contribution in [0.5, 0.6) is 5.75 Å². The highest BCUT2D eigenvalue weighted by atomic mass is 16.5. The Morgan fingerprint density at radius 2 is 2.00 bits per heavy atom. The van der Waals surface area contributed by atoms with E-state index in [4.69, 9.17) is 21.0 Å². The number of hydrogen-bond donors (Lipinski definition) is 1. The second kappa shape index (κ2) is 3.42. The number of aromatic nitrogens is 1. The van der Waals surface area contributed by atoms with Crippen LogP contribution in [0.4, 0.5) is 5.69 Å². The molecule has 1 rings (SSSR count). The van der Waals surface area contributed by atoms with Crippen molar-refractivity contribution in [2.24, 2.45) is 0 Å². The molecular weight excluding hydrogens is 168 g/mol. The lowest BCUT2D eigenvalue weighted by Gasteiger charge is -2.03. The highest BCUT2D eigenvalue weighted by Gasteiger charge is 2.08. The van der Waals surface area contributed by atoms with Crippen molar-refractivity contribution in [1.29, 1.82) is 10.5 Å². The molecule has 1 heterocycles. The van der Waals surface area contributed by atoms with Gasteiger partial charge < -0.3 is 10.5 Å². The first-order valence-corrected chi connectivity index (χ1v) is 3.37. The molecule has 0 saturated heterocycles. The largest absolute Gasteiger partial charge is 0.494 e. The Kier molecular flexibility index (Phi) is 2.32. The van der Waals surface area contributed by atoms with E-state index < -0.39 is 0 Å². The van der Waals surface area contributed by atoms with Crippen LogP contribution in [0.15, 0.2) is 6.07 Å². The second-order valence-electron chi connectivity index (χ2n) is 2.20. The Hall–Kier alpha value is -2.27. The van der Waals surface area contributed by atoms with E-state index in [1.54, 1.807) is 12.1 Å². The van der Waals surface area contributed by atoms with Gasteiger partial charge in [0.05, 0.1) is 12.8 Å². The van der Waals surface area contributed by atoms with Gasteiger partial charge in [-0.05, 0) is 0 Å². The van der Waals surface area contributed by atoms with Gasteiger partial charge in [0.25, 0.3) is 0 Å². The van der Waals surface area contributed by atoms with Crippen molar-refractivity contribution in [2.75, 3.05) is 12.8 Å². The van der Waals surface area contributed by atoms with E-state index >= 15 is 0 Å². The molecule has 0 amide bonds. The molecule has 0 bridgehead atoms. The van der Waals surface area contributed by atoms with E-state index in [-0.39, 0.29) is 22.8 Å². The SMILES string of the molecule is COc1cc(N)c(C#N)nc1C#N. The number of ether oxygens (including phenoxy) is 1. The summed E-state index contributed by atoms with van der Waals surface area (Å²) in [6.07, 6.45) is 0. The van der Waals surface area contributed by atoms with Crippen LogP contribution >= 0.6 is 0 Å². The molecule has 13 heavy (non-hydrogen) atoms. The maximum atomic E-state index is 8.62. The smallest absolute Gasteiger partial charge is 0.184 e. The van der Waals surface area contributed by atoms with Crippen LogP contribution in [0.25, 0.3) is 0 Å². The molecule has 64 valence electrons. The Bertz CT molecular complexity index is 413. The topological polar surface area (TPSA) is 95.7 Å². The summed E-state index contributed by atoms with van der Waals surface area (Å²) >= 11 is 0. The van der Waals surface area contributed by atoms with Crippen molar-refractivity contribution in [2.45, 2.75) is 0 Å². The van der Waals surface area contributed by atoms with Crippen molar-refractivity contribution in [3.63, 3.8) is 0 Å². The molecule has 0 atom stereocenters. The fourth-order valence-electron chi connectivity index (χ4n) is 0.835. The number of anilines is 1. The summed E-state index contributed by atoms with van der Waals surface area (Å²) in [5.74, 6) is 0.277. The minimum absolute atomic E-state index is 0.0392. The Labute approximate surface area is 75.0 Å². The molecule has 0 spiro atoms. The first-order chi connectivity index (χ1) is 6.22. The van der Waals surface area contributed by atoms with Gasteiger partial charge >= 0.3 is 0 Å². The molecule has 0 unspecified atom stereocenters. The van der Waals surface area contributed by atoms with Crippen molar-refractivity contribution < 1.29 is 4.74 Å². The van der Waals surface area contributed by atoms with Gasteiger partial charge in [0.15, 0.2) is 17.1 Å². The molecule has 5 nitrogen and oxygen atoms in total.